The minimum absolute atomic E-state index is 0.108. The van der Waals surface area contributed by atoms with Gasteiger partial charge in [-0.2, -0.15) is 0 Å². The molecule has 3 nitrogen and oxygen atoms in total. The van der Waals surface area contributed by atoms with E-state index in [4.69, 9.17) is 9.84 Å². The predicted molar refractivity (Wildman–Crippen MR) is 85.2 cm³/mol. The number of likely N-dealkylation sites (tertiary alicyclic amines) is 1. The van der Waals surface area contributed by atoms with Crippen molar-refractivity contribution in [2.24, 2.45) is 5.41 Å². The van der Waals surface area contributed by atoms with Gasteiger partial charge in [-0.25, -0.2) is 0 Å². The highest BCUT2D eigenvalue weighted by atomic mass is 16.5. The topological polar surface area (TPSA) is 32.7 Å². The first-order chi connectivity index (χ1) is 10.0. The first-order valence-electron chi connectivity index (χ1n) is 7.53. The lowest BCUT2D eigenvalue weighted by Crippen LogP contribution is -2.36. The molecule has 114 valence electrons. The van der Waals surface area contributed by atoms with Crippen molar-refractivity contribution >= 4 is 0 Å². The molecule has 1 aromatic rings. The van der Waals surface area contributed by atoms with Gasteiger partial charge in [0.2, 0.25) is 0 Å². The molecule has 0 radical (unpaired) electrons. The summed E-state index contributed by atoms with van der Waals surface area (Å²) in [6.07, 6.45) is 2.46. The van der Waals surface area contributed by atoms with E-state index >= 15 is 0 Å². The lowest BCUT2D eigenvalue weighted by Gasteiger charge is -2.37. The number of aliphatic hydroxyl groups is 1. The molecule has 0 atom stereocenters. The smallest absolute Gasteiger partial charge is 0.119 e. The summed E-state index contributed by atoms with van der Waals surface area (Å²) in [5.74, 6) is 6.64. The van der Waals surface area contributed by atoms with Gasteiger partial charge in [-0.3, -0.25) is 4.90 Å². The predicted octanol–water partition coefficient (Wildman–Crippen LogP) is 2.66. The minimum Gasteiger partial charge on any atom is -0.497 e. The van der Waals surface area contributed by atoms with Crippen LogP contribution in [0.5, 0.6) is 5.75 Å². The van der Waals surface area contributed by atoms with Crippen LogP contribution in [0.2, 0.25) is 0 Å². The standard InChI is InChI=1S/C18H25NO2/c1-18(2)8-10-19(11-9-18)14-16-13-17(21-3)7-6-15(16)5-4-12-20/h6-7,13,20H,8-12,14H2,1-3H3. The molecule has 0 spiro atoms. The molecular weight excluding hydrogens is 262 g/mol. The number of hydrogen-bond donors (Lipinski definition) is 1. The van der Waals surface area contributed by atoms with Gasteiger partial charge in [0.05, 0.1) is 7.11 Å². The normalized spacial score (nSPS) is 17.9. The lowest BCUT2D eigenvalue weighted by molar-refractivity contribution is 0.127. The summed E-state index contributed by atoms with van der Waals surface area (Å²) in [6, 6.07) is 5.95. The number of ether oxygens (including phenoxy) is 1. The van der Waals surface area contributed by atoms with Crippen molar-refractivity contribution in [2.45, 2.75) is 33.2 Å². The van der Waals surface area contributed by atoms with E-state index in [0.717, 1.165) is 30.9 Å². The van der Waals surface area contributed by atoms with Crippen molar-refractivity contribution in [2.75, 3.05) is 26.8 Å². The molecule has 1 fully saturated rings. The van der Waals surface area contributed by atoms with Gasteiger partial charge in [-0.05, 0) is 55.1 Å². The molecule has 0 bridgehead atoms. The average molecular weight is 287 g/mol. The van der Waals surface area contributed by atoms with Gasteiger partial charge >= 0.3 is 0 Å². The maximum absolute atomic E-state index is 8.89. The maximum Gasteiger partial charge on any atom is 0.119 e. The molecule has 1 saturated heterocycles. The molecule has 1 N–H and O–H groups in total. The second-order valence-corrected chi connectivity index (χ2v) is 6.42. The lowest BCUT2D eigenvalue weighted by atomic mass is 9.82. The third-order valence-corrected chi connectivity index (χ3v) is 4.22. The van der Waals surface area contributed by atoms with Crippen molar-refractivity contribution in [1.29, 1.82) is 0 Å². The summed E-state index contributed by atoms with van der Waals surface area (Å²) in [6.45, 7) is 7.71. The van der Waals surface area contributed by atoms with Crippen molar-refractivity contribution in [3.63, 3.8) is 0 Å². The third-order valence-electron chi connectivity index (χ3n) is 4.22. The Kier molecular flexibility index (Phi) is 5.27. The molecule has 1 heterocycles. The molecule has 0 unspecified atom stereocenters. The fourth-order valence-electron chi connectivity index (χ4n) is 2.64. The van der Waals surface area contributed by atoms with E-state index in [-0.39, 0.29) is 6.61 Å². The second-order valence-electron chi connectivity index (χ2n) is 6.42. The molecule has 0 aromatic heterocycles. The average Bonchev–Trinajstić information content (AvgIpc) is 2.48. The third kappa shape index (κ3) is 4.49. The van der Waals surface area contributed by atoms with Crippen LogP contribution < -0.4 is 4.74 Å². The van der Waals surface area contributed by atoms with Crippen LogP contribution in [0.3, 0.4) is 0 Å². The number of piperidine rings is 1. The van der Waals surface area contributed by atoms with Crippen LogP contribution in [0.25, 0.3) is 0 Å². The van der Waals surface area contributed by atoms with Crippen LogP contribution >= 0.6 is 0 Å². The Morgan fingerprint density at radius 1 is 1.29 bits per heavy atom. The number of methoxy groups -OCH3 is 1. The molecule has 1 aliphatic heterocycles. The molecule has 0 saturated carbocycles. The number of rotatable bonds is 3. The van der Waals surface area contributed by atoms with Crippen LogP contribution in [0, 0.1) is 17.3 Å². The van der Waals surface area contributed by atoms with Crippen LogP contribution in [-0.2, 0) is 6.54 Å². The molecule has 1 aliphatic rings. The Hall–Kier alpha value is -1.50. The van der Waals surface area contributed by atoms with E-state index < -0.39 is 0 Å². The summed E-state index contributed by atoms with van der Waals surface area (Å²) in [5, 5.41) is 8.89. The Labute approximate surface area is 127 Å². The molecule has 0 amide bonds. The van der Waals surface area contributed by atoms with Crippen molar-refractivity contribution in [3.8, 4) is 17.6 Å². The van der Waals surface area contributed by atoms with Gasteiger partial charge in [0.25, 0.3) is 0 Å². The second kappa shape index (κ2) is 6.98. The maximum atomic E-state index is 8.89. The van der Waals surface area contributed by atoms with Crippen LogP contribution in [0.1, 0.15) is 37.8 Å². The largest absolute Gasteiger partial charge is 0.497 e. The Morgan fingerprint density at radius 2 is 2.00 bits per heavy atom. The van der Waals surface area contributed by atoms with Gasteiger partial charge in [-0.15, -0.1) is 0 Å². The van der Waals surface area contributed by atoms with E-state index in [9.17, 15) is 0 Å². The Balaban J connectivity index is 2.14. The quantitative estimate of drug-likeness (QED) is 0.868. The zero-order valence-corrected chi connectivity index (χ0v) is 13.3. The van der Waals surface area contributed by atoms with E-state index in [2.05, 4.69) is 36.7 Å². The fraction of sp³-hybridized carbons (Fsp3) is 0.556. The number of hydrogen-bond acceptors (Lipinski definition) is 3. The van der Waals surface area contributed by atoms with Crippen LogP contribution in [0.15, 0.2) is 18.2 Å². The van der Waals surface area contributed by atoms with Gasteiger partial charge in [0.15, 0.2) is 0 Å². The molecular formula is C18H25NO2. The van der Waals surface area contributed by atoms with E-state index in [1.165, 1.54) is 18.4 Å². The summed E-state index contributed by atoms with van der Waals surface area (Å²) >= 11 is 0. The van der Waals surface area contributed by atoms with Crippen molar-refractivity contribution in [1.82, 2.24) is 4.90 Å². The van der Waals surface area contributed by atoms with E-state index in [0.29, 0.717) is 5.41 Å². The van der Waals surface area contributed by atoms with Crippen LogP contribution in [0.4, 0.5) is 0 Å². The van der Waals surface area contributed by atoms with Crippen molar-refractivity contribution < 1.29 is 9.84 Å². The van der Waals surface area contributed by atoms with Crippen LogP contribution in [-0.4, -0.2) is 36.8 Å². The molecule has 0 aliphatic carbocycles. The van der Waals surface area contributed by atoms with Crippen molar-refractivity contribution in [3.05, 3.63) is 29.3 Å². The first kappa shape index (κ1) is 15.9. The summed E-state index contributed by atoms with van der Waals surface area (Å²) in [4.78, 5) is 2.48. The highest BCUT2D eigenvalue weighted by Crippen LogP contribution is 2.31. The van der Waals surface area contributed by atoms with E-state index in [1.807, 2.05) is 12.1 Å². The molecule has 21 heavy (non-hydrogen) atoms. The summed E-state index contributed by atoms with van der Waals surface area (Å²) in [5.41, 5.74) is 2.62. The Bertz CT molecular complexity index is 530. The monoisotopic (exact) mass is 287 g/mol. The van der Waals surface area contributed by atoms with Gasteiger partial charge in [0.1, 0.15) is 12.4 Å². The number of aliphatic hydroxyl groups excluding tert-OH is 1. The van der Waals surface area contributed by atoms with Gasteiger partial charge in [0, 0.05) is 12.1 Å². The first-order valence-corrected chi connectivity index (χ1v) is 7.53. The molecule has 2 rings (SSSR count). The summed E-state index contributed by atoms with van der Waals surface area (Å²) < 4.78 is 5.32. The number of benzene rings is 1. The summed E-state index contributed by atoms with van der Waals surface area (Å²) in [7, 11) is 1.68. The van der Waals surface area contributed by atoms with Gasteiger partial charge in [-0.1, -0.05) is 25.7 Å². The van der Waals surface area contributed by atoms with E-state index in [1.54, 1.807) is 7.11 Å². The van der Waals surface area contributed by atoms with Gasteiger partial charge < -0.3 is 9.84 Å². The zero-order chi connectivity index (χ0) is 15.3. The minimum atomic E-state index is -0.108. The molecule has 1 aromatic carbocycles. The fourth-order valence-corrected chi connectivity index (χ4v) is 2.64. The highest BCUT2D eigenvalue weighted by molar-refractivity contribution is 5.45. The zero-order valence-electron chi connectivity index (χ0n) is 13.3. The number of nitrogens with zero attached hydrogens (tertiary/aromatic N) is 1. The Morgan fingerprint density at radius 3 is 2.62 bits per heavy atom. The molecule has 3 heteroatoms. The highest BCUT2D eigenvalue weighted by Gasteiger charge is 2.25. The SMILES string of the molecule is COc1ccc(C#CCO)c(CN2CCC(C)(C)CC2)c1.